The van der Waals surface area contributed by atoms with Gasteiger partial charge in [0.25, 0.3) is 0 Å². The lowest BCUT2D eigenvalue weighted by atomic mass is 10.0. The van der Waals surface area contributed by atoms with E-state index in [2.05, 4.69) is 10.2 Å². The van der Waals surface area contributed by atoms with Gasteiger partial charge in [-0.3, -0.25) is 19.4 Å². The van der Waals surface area contributed by atoms with E-state index in [9.17, 15) is 27.9 Å². The van der Waals surface area contributed by atoms with Gasteiger partial charge in [0.2, 0.25) is 11.8 Å². The number of halogens is 3. The van der Waals surface area contributed by atoms with E-state index < -0.39 is 11.7 Å². The van der Waals surface area contributed by atoms with Crippen molar-refractivity contribution in [3.63, 3.8) is 0 Å². The first-order valence-corrected chi connectivity index (χ1v) is 12.0. The second-order valence-corrected chi connectivity index (χ2v) is 9.68. The van der Waals surface area contributed by atoms with Gasteiger partial charge in [0.15, 0.2) is 0 Å². The summed E-state index contributed by atoms with van der Waals surface area (Å²) >= 11 is 0. The van der Waals surface area contributed by atoms with E-state index in [1.54, 1.807) is 0 Å². The second-order valence-electron chi connectivity index (χ2n) is 9.68. The zero-order chi connectivity index (χ0) is 24.5. The molecule has 3 aliphatic rings. The van der Waals surface area contributed by atoms with Crippen molar-refractivity contribution in [2.24, 2.45) is 0 Å². The Morgan fingerprint density at radius 2 is 1.79 bits per heavy atom. The van der Waals surface area contributed by atoms with Crippen LogP contribution in [0.3, 0.4) is 0 Å². The first kappa shape index (κ1) is 24.9. The van der Waals surface area contributed by atoms with Crippen LogP contribution in [0.25, 0.3) is 0 Å². The highest BCUT2D eigenvalue weighted by Crippen LogP contribution is 2.31. The number of carbonyl (C=O) groups is 2. The zero-order valence-corrected chi connectivity index (χ0v) is 19.4. The number of aliphatic hydroxyl groups excluding tert-OH is 1. The third-order valence-electron chi connectivity index (χ3n) is 7.53. The lowest BCUT2D eigenvalue weighted by Crippen LogP contribution is -2.49. The number of benzene rings is 1. The second kappa shape index (κ2) is 10.2. The standard InChI is InChI=1S/C24H33F3N4O3/c1-29-18(6-7-21(33)30-11-8-19(32)9-12-30)14-28-23(34)22-20(29)10-13-31(22)15-16-2-4-17(5-3-16)24(25,26)27/h2-5,18-20,22,32H,6-15H2,1H3,(H,28,34)/t18-,20-,22-/m0/s1. The van der Waals surface area contributed by atoms with Crippen LogP contribution in [0.15, 0.2) is 24.3 Å². The van der Waals surface area contributed by atoms with Crippen molar-refractivity contribution in [3.8, 4) is 0 Å². The number of piperidine rings is 1. The minimum Gasteiger partial charge on any atom is -0.393 e. The molecule has 0 radical (unpaired) electrons. The SMILES string of the molecule is CN1[C@@H](CCC(=O)N2CCC(O)CC2)CNC(=O)[C@@H]2[C@@H]1CCN2Cc1ccc(C(F)(F)F)cc1. The largest absolute Gasteiger partial charge is 0.416 e. The molecule has 0 unspecified atom stereocenters. The average Bonchev–Trinajstić information content (AvgIpc) is 3.17. The fraction of sp³-hybridized carbons (Fsp3) is 0.667. The normalized spacial score (nSPS) is 27.4. The first-order valence-electron chi connectivity index (χ1n) is 12.0. The minimum atomic E-state index is -4.37. The Morgan fingerprint density at radius 1 is 1.12 bits per heavy atom. The Hall–Kier alpha value is -2.17. The molecule has 3 atom stereocenters. The molecular formula is C24H33F3N4O3. The highest BCUT2D eigenvalue weighted by Gasteiger charge is 2.45. The van der Waals surface area contributed by atoms with Crippen molar-refractivity contribution < 1.29 is 27.9 Å². The maximum atomic E-state index is 13.0. The van der Waals surface area contributed by atoms with E-state index in [4.69, 9.17) is 0 Å². The number of aliphatic hydroxyl groups is 1. The quantitative estimate of drug-likeness (QED) is 0.670. The van der Waals surface area contributed by atoms with Gasteiger partial charge in [0, 0.05) is 51.2 Å². The van der Waals surface area contributed by atoms with Gasteiger partial charge in [0.05, 0.1) is 11.7 Å². The fourth-order valence-electron chi connectivity index (χ4n) is 5.42. The molecule has 0 aliphatic carbocycles. The summed E-state index contributed by atoms with van der Waals surface area (Å²) in [7, 11) is 1.99. The zero-order valence-electron chi connectivity index (χ0n) is 19.4. The van der Waals surface area contributed by atoms with Gasteiger partial charge in [-0.2, -0.15) is 13.2 Å². The molecule has 7 nitrogen and oxygen atoms in total. The van der Waals surface area contributed by atoms with Crippen molar-refractivity contribution >= 4 is 11.8 Å². The van der Waals surface area contributed by atoms with Gasteiger partial charge in [-0.05, 0) is 50.4 Å². The summed E-state index contributed by atoms with van der Waals surface area (Å²) in [4.78, 5) is 31.6. The van der Waals surface area contributed by atoms with Crippen LogP contribution in [-0.2, 0) is 22.3 Å². The topological polar surface area (TPSA) is 76.1 Å². The van der Waals surface area contributed by atoms with Crippen molar-refractivity contribution in [1.82, 2.24) is 20.0 Å². The number of nitrogens with one attached hydrogen (secondary N) is 1. The molecular weight excluding hydrogens is 449 g/mol. The summed E-state index contributed by atoms with van der Waals surface area (Å²) in [6.45, 7) is 2.71. The van der Waals surface area contributed by atoms with Crippen LogP contribution >= 0.6 is 0 Å². The highest BCUT2D eigenvalue weighted by atomic mass is 19.4. The molecule has 1 aromatic carbocycles. The van der Waals surface area contributed by atoms with E-state index in [1.807, 2.05) is 16.8 Å². The van der Waals surface area contributed by atoms with Crippen LogP contribution < -0.4 is 5.32 Å². The number of fused-ring (bicyclic) bond motifs is 1. The molecule has 3 heterocycles. The number of likely N-dealkylation sites (N-methyl/N-ethyl adjacent to an activating group) is 1. The van der Waals surface area contributed by atoms with Crippen LogP contribution in [0.1, 0.15) is 43.2 Å². The highest BCUT2D eigenvalue weighted by molar-refractivity contribution is 5.83. The number of carbonyl (C=O) groups excluding carboxylic acids is 2. The molecule has 0 bridgehead atoms. The van der Waals surface area contributed by atoms with Crippen LogP contribution in [0.5, 0.6) is 0 Å². The molecule has 34 heavy (non-hydrogen) atoms. The molecule has 3 saturated heterocycles. The lowest BCUT2D eigenvalue weighted by molar-refractivity contribution is -0.137. The van der Waals surface area contributed by atoms with Crippen LogP contribution in [0, 0.1) is 0 Å². The van der Waals surface area contributed by atoms with Gasteiger partial charge >= 0.3 is 6.18 Å². The average molecular weight is 483 g/mol. The maximum absolute atomic E-state index is 13.0. The monoisotopic (exact) mass is 482 g/mol. The van der Waals surface area contributed by atoms with Gasteiger partial charge in [0.1, 0.15) is 6.04 Å². The molecule has 188 valence electrons. The molecule has 4 rings (SSSR count). The number of amides is 2. The predicted octanol–water partition coefficient (Wildman–Crippen LogP) is 1.84. The summed E-state index contributed by atoms with van der Waals surface area (Å²) in [6, 6.07) is 4.75. The minimum absolute atomic E-state index is 0.0119. The predicted molar refractivity (Wildman–Crippen MR) is 120 cm³/mol. The maximum Gasteiger partial charge on any atom is 0.416 e. The molecule has 0 aromatic heterocycles. The Labute approximate surface area is 197 Å². The van der Waals surface area contributed by atoms with E-state index >= 15 is 0 Å². The van der Waals surface area contributed by atoms with Gasteiger partial charge in [-0.1, -0.05) is 12.1 Å². The van der Waals surface area contributed by atoms with Gasteiger partial charge in [-0.15, -0.1) is 0 Å². The van der Waals surface area contributed by atoms with Crippen LogP contribution in [0.2, 0.25) is 0 Å². The van der Waals surface area contributed by atoms with Crippen molar-refractivity contribution in [2.45, 2.75) is 69.1 Å². The summed E-state index contributed by atoms with van der Waals surface area (Å²) in [5.41, 5.74) is 0.0581. The number of rotatable bonds is 5. The molecule has 3 aliphatic heterocycles. The number of hydrogen-bond acceptors (Lipinski definition) is 5. The summed E-state index contributed by atoms with van der Waals surface area (Å²) < 4.78 is 38.6. The Morgan fingerprint density at radius 3 is 2.44 bits per heavy atom. The van der Waals surface area contributed by atoms with Gasteiger partial charge < -0.3 is 15.3 Å². The summed E-state index contributed by atoms with van der Waals surface area (Å²) in [5.74, 6) is 0.0166. The Bertz CT molecular complexity index is 871. The molecule has 2 N–H and O–H groups in total. The molecule has 2 amide bonds. The molecule has 1 aromatic rings. The fourth-order valence-corrected chi connectivity index (χ4v) is 5.42. The lowest BCUT2D eigenvalue weighted by Gasteiger charge is -2.34. The van der Waals surface area contributed by atoms with E-state index in [-0.39, 0.29) is 36.0 Å². The molecule has 0 saturated carbocycles. The number of hydrogen-bond donors (Lipinski definition) is 2. The summed E-state index contributed by atoms with van der Waals surface area (Å²) in [5, 5.41) is 12.7. The van der Waals surface area contributed by atoms with E-state index in [0.29, 0.717) is 58.4 Å². The van der Waals surface area contributed by atoms with E-state index in [0.717, 1.165) is 24.1 Å². The Balaban J connectivity index is 1.36. The number of likely N-dealkylation sites (tertiary alicyclic amines) is 2. The third-order valence-corrected chi connectivity index (χ3v) is 7.53. The van der Waals surface area contributed by atoms with Crippen LogP contribution in [-0.4, -0.2) is 89.1 Å². The molecule has 10 heteroatoms. The van der Waals surface area contributed by atoms with Gasteiger partial charge in [-0.25, -0.2) is 0 Å². The number of nitrogens with zero attached hydrogens (tertiary/aromatic N) is 3. The van der Waals surface area contributed by atoms with Crippen LogP contribution in [0.4, 0.5) is 13.2 Å². The number of alkyl halides is 3. The van der Waals surface area contributed by atoms with Crippen molar-refractivity contribution in [3.05, 3.63) is 35.4 Å². The van der Waals surface area contributed by atoms with Crippen molar-refractivity contribution in [2.75, 3.05) is 33.2 Å². The third kappa shape index (κ3) is 5.55. The molecule has 3 fully saturated rings. The smallest absolute Gasteiger partial charge is 0.393 e. The van der Waals surface area contributed by atoms with Crippen molar-refractivity contribution in [1.29, 1.82) is 0 Å². The summed E-state index contributed by atoms with van der Waals surface area (Å²) in [6.07, 6.45) is -1.65. The van der Waals surface area contributed by atoms with E-state index in [1.165, 1.54) is 12.1 Å². The first-order chi connectivity index (χ1) is 16.1. The molecule has 0 spiro atoms. The Kier molecular flexibility index (Phi) is 7.49.